The van der Waals surface area contributed by atoms with Gasteiger partial charge in [-0.05, 0) is 44.7 Å². The standard InChI is InChI=1S/C27H33N7O4S/c1-5-28-24-16-23-22(17-29-24)27(18-6-12-21(13-7-18)39(36,37)32(2)3)31-34(23)19-8-10-20(11-9-19)38-25-14-15-26(35)33(4)30-25/h6-7,12-17,19-20H,5,8-11H2,1-4H3,(H,28,29)/t19-,20+. The van der Waals surface area contributed by atoms with Gasteiger partial charge in [-0.2, -0.15) is 5.10 Å². The summed E-state index contributed by atoms with van der Waals surface area (Å²) in [5, 5.41) is 13.4. The fourth-order valence-electron chi connectivity index (χ4n) is 4.92. The summed E-state index contributed by atoms with van der Waals surface area (Å²) in [7, 11) is 1.12. The van der Waals surface area contributed by atoms with Gasteiger partial charge in [-0.3, -0.25) is 9.48 Å². The van der Waals surface area contributed by atoms with Crippen molar-refractivity contribution in [1.82, 2.24) is 28.9 Å². The molecular formula is C27H33N7O4S. The van der Waals surface area contributed by atoms with Crippen LogP contribution in [0.25, 0.3) is 22.2 Å². The van der Waals surface area contributed by atoms with E-state index in [1.165, 1.54) is 29.1 Å². The minimum atomic E-state index is -3.52. The van der Waals surface area contributed by atoms with Crippen molar-refractivity contribution >= 4 is 26.7 Å². The lowest BCUT2D eigenvalue weighted by atomic mass is 9.93. The molecular weight excluding hydrogens is 518 g/mol. The van der Waals surface area contributed by atoms with Crippen LogP contribution in [0.3, 0.4) is 0 Å². The Labute approximate surface area is 227 Å². The SMILES string of the molecule is CCNc1cc2c(cn1)c(-c1ccc(S(=O)(=O)N(C)C)cc1)nn2[C@H]1CC[C@@H](Oc2ccc(=O)n(C)n2)CC1. The molecule has 5 rings (SSSR count). The normalized spacial score (nSPS) is 18.0. The van der Waals surface area contributed by atoms with E-state index in [0.717, 1.165) is 60.2 Å². The van der Waals surface area contributed by atoms with E-state index in [4.69, 9.17) is 9.84 Å². The van der Waals surface area contributed by atoms with Gasteiger partial charge in [0, 0.05) is 63.0 Å². The maximum Gasteiger partial charge on any atom is 0.266 e. The number of sulfonamides is 1. The third kappa shape index (κ3) is 5.39. The average molecular weight is 552 g/mol. The number of nitrogens with one attached hydrogen (secondary N) is 1. The van der Waals surface area contributed by atoms with Crippen LogP contribution in [0.2, 0.25) is 0 Å². The third-order valence-corrected chi connectivity index (χ3v) is 8.90. The van der Waals surface area contributed by atoms with Crippen molar-refractivity contribution in [3.8, 4) is 17.1 Å². The Kier molecular flexibility index (Phi) is 7.41. The van der Waals surface area contributed by atoms with Crippen LogP contribution in [0.1, 0.15) is 38.6 Å². The molecule has 1 aliphatic rings. The molecule has 1 fully saturated rings. The Hall–Kier alpha value is -3.77. The number of aryl methyl sites for hydroxylation is 1. The topological polar surface area (TPSA) is 124 Å². The average Bonchev–Trinajstić information content (AvgIpc) is 3.30. The smallest absolute Gasteiger partial charge is 0.266 e. The zero-order valence-corrected chi connectivity index (χ0v) is 23.4. The van der Waals surface area contributed by atoms with Gasteiger partial charge in [-0.1, -0.05) is 12.1 Å². The molecule has 206 valence electrons. The maximum atomic E-state index is 12.5. The first-order chi connectivity index (χ1) is 18.7. The molecule has 3 aromatic heterocycles. The Bertz CT molecular complexity index is 1640. The molecule has 12 heteroatoms. The van der Waals surface area contributed by atoms with Crippen molar-refractivity contribution < 1.29 is 13.2 Å². The van der Waals surface area contributed by atoms with E-state index in [9.17, 15) is 13.2 Å². The fourth-order valence-corrected chi connectivity index (χ4v) is 5.82. The van der Waals surface area contributed by atoms with E-state index in [-0.39, 0.29) is 22.6 Å². The molecule has 0 amide bonds. The van der Waals surface area contributed by atoms with Crippen LogP contribution in [0, 0.1) is 0 Å². The van der Waals surface area contributed by atoms with Crippen molar-refractivity contribution in [3.63, 3.8) is 0 Å². The molecule has 0 unspecified atom stereocenters. The number of hydrogen-bond acceptors (Lipinski definition) is 8. The predicted octanol–water partition coefficient (Wildman–Crippen LogP) is 3.44. The van der Waals surface area contributed by atoms with Crippen LogP contribution < -0.4 is 15.6 Å². The van der Waals surface area contributed by atoms with Crippen molar-refractivity contribution in [3.05, 3.63) is 59.0 Å². The Balaban J connectivity index is 1.43. The Morgan fingerprint density at radius 1 is 1.05 bits per heavy atom. The van der Waals surface area contributed by atoms with Gasteiger partial charge in [-0.25, -0.2) is 22.4 Å². The number of hydrogen-bond donors (Lipinski definition) is 1. The minimum absolute atomic E-state index is 0.0118. The predicted molar refractivity (Wildman–Crippen MR) is 149 cm³/mol. The molecule has 3 heterocycles. The molecule has 0 saturated heterocycles. The first kappa shape index (κ1) is 26.8. The van der Waals surface area contributed by atoms with Gasteiger partial charge >= 0.3 is 0 Å². The number of rotatable bonds is 8. The monoisotopic (exact) mass is 551 g/mol. The quantitative estimate of drug-likeness (QED) is 0.353. The van der Waals surface area contributed by atoms with Gasteiger partial charge in [0.2, 0.25) is 15.9 Å². The second kappa shape index (κ2) is 10.8. The minimum Gasteiger partial charge on any atom is -0.473 e. The van der Waals surface area contributed by atoms with Crippen molar-refractivity contribution in [2.75, 3.05) is 26.0 Å². The highest BCUT2D eigenvalue weighted by Crippen LogP contribution is 2.36. The molecule has 4 aromatic rings. The highest BCUT2D eigenvalue weighted by molar-refractivity contribution is 7.89. The molecule has 0 aliphatic heterocycles. The van der Waals surface area contributed by atoms with Gasteiger partial charge in [0.15, 0.2) is 0 Å². The van der Waals surface area contributed by atoms with E-state index < -0.39 is 10.0 Å². The molecule has 1 N–H and O–H groups in total. The van der Waals surface area contributed by atoms with Crippen LogP contribution in [-0.4, -0.2) is 64.0 Å². The Morgan fingerprint density at radius 3 is 2.41 bits per heavy atom. The van der Waals surface area contributed by atoms with Gasteiger partial charge in [0.25, 0.3) is 5.56 Å². The molecule has 1 aromatic carbocycles. The number of aromatic nitrogens is 5. The third-order valence-electron chi connectivity index (χ3n) is 7.07. The Morgan fingerprint density at radius 2 is 1.77 bits per heavy atom. The largest absolute Gasteiger partial charge is 0.473 e. The van der Waals surface area contributed by atoms with E-state index in [1.807, 2.05) is 19.2 Å². The van der Waals surface area contributed by atoms with Gasteiger partial charge in [-0.15, -0.1) is 5.10 Å². The molecule has 0 radical (unpaired) electrons. The number of fused-ring (bicyclic) bond motifs is 1. The molecule has 0 atom stereocenters. The lowest BCUT2D eigenvalue weighted by molar-refractivity contribution is 0.123. The molecule has 0 spiro atoms. The summed E-state index contributed by atoms with van der Waals surface area (Å²) < 4.78 is 35.7. The van der Waals surface area contributed by atoms with Crippen molar-refractivity contribution in [1.29, 1.82) is 0 Å². The van der Waals surface area contributed by atoms with Gasteiger partial charge < -0.3 is 10.1 Å². The van der Waals surface area contributed by atoms with Gasteiger partial charge in [0.05, 0.1) is 16.5 Å². The summed E-state index contributed by atoms with van der Waals surface area (Å²) in [5.41, 5.74) is 2.40. The summed E-state index contributed by atoms with van der Waals surface area (Å²) in [6.07, 6.45) is 5.23. The highest BCUT2D eigenvalue weighted by Gasteiger charge is 2.27. The lowest BCUT2D eigenvalue weighted by Gasteiger charge is -2.29. The van der Waals surface area contributed by atoms with Gasteiger partial charge in [0.1, 0.15) is 17.6 Å². The fraction of sp³-hybridized carbons (Fsp3) is 0.407. The summed E-state index contributed by atoms with van der Waals surface area (Å²) in [4.78, 5) is 16.4. The van der Waals surface area contributed by atoms with Crippen molar-refractivity contribution in [2.45, 2.75) is 49.6 Å². The van der Waals surface area contributed by atoms with E-state index >= 15 is 0 Å². The first-order valence-electron chi connectivity index (χ1n) is 13.0. The van der Waals surface area contributed by atoms with Crippen LogP contribution in [-0.2, 0) is 17.1 Å². The molecule has 1 aliphatic carbocycles. The van der Waals surface area contributed by atoms with E-state index in [1.54, 1.807) is 37.4 Å². The number of pyridine rings is 1. The zero-order chi connectivity index (χ0) is 27.7. The van der Waals surface area contributed by atoms with E-state index in [2.05, 4.69) is 20.1 Å². The van der Waals surface area contributed by atoms with Crippen molar-refractivity contribution in [2.24, 2.45) is 7.05 Å². The molecule has 1 saturated carbocycles. The molecule has 0 bridgehead atoms. The van der Waals surface area contributed by atoms with Crippen LogP contribution in [0.15, 0.2) is 58.4 Å². The van der Waals surface area contributed by atoms with E-state index in [0.29, 0.717) is 5.88 Å². The number of anilines is 1. The summed E-state index contributed by atoms with van der Waals surface area (Å²) in [5.74, 6) is 1.23. The first-order valence-corrected chi connectivity index (χ1v) is 14.5. The number of benzene rings is 1. The van der Waals surface area contributed by atoms with Crippen LogP contribution in [0.4, 0.5) is 5.82 Å². The van der Waals surface area contributed by atoms with Crippen LogP contribution in [0.5, 0.6) is 5.88 Å². The zero-order valence-electron chi connectivity index (χ0n) is 22.5. The molecule has 11 nitrogen and oxygen atoms in total. The summed E-state index contributed by atoms with van der Waals surface area (Å²) in [6, 6.07) is 12.1. The highest BCUT2D eigenvalue weighted by atomic mass is 32.2. The lowest BCUT2D eigenvalue weighted by Crippen LogP contribution is -2.27. The van der Waals surface area contributed by atoms with Crippen LogP contribution >= 0.6 is 0 Å². The maximum absolute atomic E-state index is 12.5. The second-order valence-corrected chi connectivity index (χ2v) is 12.1. The number of ether oxygens (including phenoxy) is 1. The summed E-state index contributed by atoms with van der Waals surface area (Å²) >= 11 is 0. The summed E-state index contributed by atoms with van der Waals surface area (Å²) in [6.45, 7) is 2.78. The molecule has 39 heavy (non-hydrogen) atoms. The number of nitrogens with zero attached hydrogens (tertiary/aromatic N) is 6. The second-order valence-electron chi connectivity index (χ2n) is 9.90.